The van der Waals surface area contributed by atoms with Gasteiger partial charge in [-0.2, -0.15) is 0 Å². The summed E-state index contributed by atoms with van der Waals surface area (Å²) in [6.07, 6.45) is 1.33. The molecule has 3 aromatic carbocycles. The lowest BCUT2D eigenvalue weighted by molar-refractivity contribution is -0.126. The summed E-state index contributed by atoms with van der Waals surface area (Å²) in [7, 11) is 0. The summed E-state index contributed by atoms with van der Waals surface area (Å²) < 4.78 is 20.8. The van der Waals surface area contributed by atoms with Crippen LogP contribution >= 0.6 is 11.6 Å². The molecule has 0 unspecified atom stereocenters. The highest BCUT2D eigenvalue weighted by molar-refractivity contribution is 6.33. The van der Waals surface area contributed by atoms with Gasteiger partial charge in [-0.3, -0.25) is 4.79 Å². The van der Waals surface area contributed by atoms with E-state index in [-0.39, 0.29) is 11.7 Å². The number of carbonyl (C=O) groups is 1. The molecule has 6 nitrogen and oxygen atoms in total. The molecule has 3 heterocycles. The molecule has 1 saturated heterocycles. The van der Waals surface area contributed by atoms with E-state index in [1.165, 1.54) is 12.1 Å². The Balaban J connectivity index is 1.58. The Kier molecular flexibility index (Phi) is 5.15. The Morgan fingerprint density at radius 2 is 1.77 bits per heavy atom. The van der Waals surface area contributed by atoms with Crippen LogP contribution in [0.2, 0.25) is 5.02 Å². The molecule has 2 aromatic heterocycles. The maximum atomic E-state index is 14.8. The first-order valence-electron chi connectivity index (χ1n) is 11.3. The number of anilines is 1. The summed E-state index contributed by atoms with van der Waals surface area (Å²) in [5.74, 6) is 0.259. The van der Waals surface area contributed by atoms with E-state index in [1.807, 2.05) is 30.3 Å². The average Bonchev–Trinajstić information content (AvgIpc) is 3.25. The van der Waals surface area contributed by atoms with Gasteiger partial charge in [-0.05, 0) is 36.4 Å². The second-order valence-electron chi connectivity index (χ2n) is 8.48. The molecule has 1 fully saturated rings. The molecule has 0 bridgehead atoms. The van der Waals surface area contributed by atoms with Gasteiger partial charge < -0.3 is 14.2 Å². The minimum Gasteiger partial charge on any atom is -0.456 e. The molecule has 174 valence electrons. The minimum absolute atomic E-state index is 0.0827. The van der Waals surface area contributed by atoms with Crippen molar-refractivity contribution in [2.45, 2.75) is 0 Å². The summed E-state index contributed by atoms with van der Waals surface area (Å²) in [5, 5.41) is 12.4. The molecule has 1 aliphatic rings. The van der Waals surface area contributed by atoms with Gasteiger partial charge in [-0.25, -0.2) is 4.39 Å². The van der Waals surface area contributed by atoms with Gasteiger partial charge in [0.1, 0.15) is 22.7 Å². The number of amides is 1. The summed E-state index contributed by atoms with van der Waals surface area (Å²) >= 11 is 6.52. The van der Waals surface area contributed by atoms with Gasteiger partial charge in [0.2, 0.25) is 5.91 Å². The number of hydrogen-bond donors (Lipinski definition) is 0. The summed E-state index contributed by atoms with van der Waals surface area (Å²) in [5.41, 5.74) is 2.40. The van der Waals surface area contributed by atoms with Crippen LogP contribution in [0.4, 0.5) is 10.2 Å². The van der Waals surface area contributed by atoms with Gasteiger partial charge >= 0.3 is 0 Å². The van der Waals surface area contributed by atoms with Crippen LogP contribution in [0.25, 0.3) is 44.0 Å². The van der Waals surface area contributed by atoms with Crippen LogP contribution in [0.1, 0.15) is 0 Å². The topological polar surface area (TPSA) is 62.5 Å². The third-order valence-corrected chi connectivity index (χ3v) is 6.85. The van der Waals surface area contributed by atoms with E-state index in [4.69, 9.17) is 16.0 Å². The van der Waals surface area contributed by atoms with Crippen molar-refractivity contribution < 1.29 is 13.6 Å². The van der Waals surface area contributed by atoms with Gasteiger partial charge in [0.05, 0.1) is 10.4 Å². The number of carbonyl (C=O) groups excluding carboxylic acids is 1. The number of furan rings is 1. The van der Waals surface area contributed by atoms with E-state index in [0.29, 0.717) is 64.7 Å². The molecular weight excluding hydrogens is 467 g/mol. The van der Waals surface area contributed by atoms with E-state index in [2.05, 4.69) is 21.7 Å². The predicted octanol–water partition coefficient (Wildman–Crippen LogP) is 5.82. The van der Waals surface area contributed by atoms with Crippen LogP contribution in [0.15, 0.2) is 71.7 Å². The molecule has 6 rings (SSSR count). The number of halogens is 2. The monoisotopic (exact) mass is 486 g/mol. The van der Waals surface area contributed by atoms with Crippen molar-refractivity contribution in [3.8, 4) is 11.3 Å². The molecule has 1 amide bonds. The molecule has 0 atom stereocenters. The Morgan fingerprint density at radius 1 is 0.971 bits per heavy atom. The van der Waals surface area contributed by atoms with Crippen molar-refractivity contribution >= 4 is 56.0 Å². The summed E-state index contributed by atoms with van der Waals surface area (Å²) in [6.45, 7) is 5.88. The SMILES string of the molecule is C=CC(=O)N1CCN(c2nnc(-c3ccccc3Cl)c3cc4c(cc23)oc2cccc(F)c24)CC1. The molecule has 1 aliphatic heterocycles. The number of aromatic nitrogens is 2. The van der Waals surface area contributed by atoms with E-state index in [0.717, 1.165) is 16.3 Å². The van der Waals surface area contributed by atoms with E-state index >= 15 is 0 Å². The van der Waals surface area contributed by atoms with Crippen LogP contribution < -0.4 is 4.90 Å². The van der Waals surface area contributed by atoms with Gasteiger partial charge in [0.25, 0.3) is 0 Å². The second-order valence-corrected chi connectivity index (χ2v) is 8.88. The maximum absolute atomic E-state index is 14.8. The molecule has 0 radical (unpaired) electrons. The van der Waals surface area contributed by atoms with Crippen molar-refractivity contribution in [2.24, 2.45) is 0 Å². The molecule has 35 heavy (non-hydrogen) atoms. The highest BCUT2D eigenvalue weighted by atomic mass is 35.5. The minimum atomic E-state index is -0.342. The zero-order chi connectivity index (χ0) is 24.1. The number of benzene rings is 3. The highest BCUT2D eigenvalue weighted by Gasteiger charge is 2.25. The van der Waals surface area contributed by atoms with Gasteiger partial charge in [-0.1, -0.05) is 42.4 Å². The number of hydrogen-bond acceptors (Lipinski definition) is 5. The van der Waals surface area contributed by atoms with Crippen molar-refractivity contribution in [3.63, 3.8) is 0 Å². The van der Waals surface area contributed by atoms with Gasteiger partial charge in [-0.15, -0.1) is 10.2 Å². The molecule has 8 heteroatoms. The Bertz CT molecular complexity index is 1640. The lowest BCUT2D eigenvalue weighted by atomic mass is 10.0. The fourth-order valence-corrected chi connectivity index (χ4v) is 4.99. The van der Waals surface area contributed by atoms with Crippen molar-refractivity contribution in [1.29, 1.82) is 0 Å². The predicted molar refractivity (Wildman–Crippen MR) is 136 cm³/mol. The summed E-state index contributed by atoms with van der Waals surface area (Å²) in [6, 6.07) is 16.1. The quantitative estimate of drug-likeness (QED) is 0.300. The molecule has 0 aliphatic carbocycles. The molecular formula is C27H20ClFN4O2. The lowest BCUT2D eigenvalue weighted by Crippen LogP contribution is -2.48. The average molecular weight is 487 g/mol. The Labute approximate surface area is 205 Å². The smallest absolute Gasteiger partial charge is 0.246 e. The molecule has 0 spiro atoms. The number of fused-ring (bicyclic) bond motifs is 4. The van der Waals surface area contributed by atoms with E-state index in [9.17, 15) is 9.18 Å². The maximum Gasteiger partial charge on any atom is 0.246 e. The fraction of sp³-hybridized carbons (Fsp3) is 0.148. The molecule has 0 N–H and O–H groups in total. The number of piperazine rings is 1. The number of nitrogens with zero attached hydrogens (tertiary/aromatic N) is 4. The van der Waals surface area contributed by atoms with Crippen LogP contribution in [-0.2, 0) is 4.79 Å². The molecule has 5 aromatic rings. The van der Waals surface area contributed by atoms with Gasteiger partial charge in [0, 0.05) is 47.9 Å². The third-order valence-electron chi connectivity index (χ3n) is 6.52. The highest BCUT2D eigenvalue weighted by Crippen LogP contribution is 2.40. The van der Waals surface area contributed by atoms with Gasteiger partial charge in [0.15, 0.2) is 5.82 Å². The van der Waals surface area contributed by atoms with Crippen LogP contribution in [0.5, 0.6) is 0 Å². The van der Waals surface area contributed by atoms with Crippen LogP contribution in [0, 0.1) is 5.82 Å². The second kappa shape index (κ2) is 8.36. The van der Waals surface area contributed by atoms with Crippen molar-refractivity contribution in [1.82, 2.24) is 15.1 Å². The zero-order valence-electron chi connectivity index (χ0n) is 18.7. The zero-order valence-corrected chi connectivity index (χ0v) is 19.4. The van der Waals surface area contributed by atoms with Crippen molar-refractivity contribution in [2.75, 3.05) is 31.1 Å². The third kappa shape index (κ3) is 3.51. The lowest BCUT2D eigenvalue weighted by Gasteiger charge is -2.35. The van der Waals surface area contributed by atoms with E-state index < -0.39 is 0 Å². The largest absolute Gasteiger partial charge is 0.456 e. The first kappa shape index (κ1) is 21.6. The van der Waals surface area contributed by atoms with Crippen molar-refractivity contribution in [3.05, 3.63) is 78.1 Å². The summed E-state index contributed by atoms with van der Waals surface area (Å²) in [4.78, 5) is 15.9. The Hall–Kier alpha value is -3.97. The first-order valence-corrected chi connectivity index (χ1v) is 11.7. The standard InChI is InChI=1S/C27H20ClFN4O2/c1-2-24(34)32-10-12-33(13-11-32)27-18-15-23-19(25-21(29)8-5-9-22(25)35-23)14-17(18)26(30-31-27)16-6-3-4-7-20(16)28/h2-9,14-15H,1,10-13H2. The van der Waals surface area contributed by atoms with E-state index in [1.54, 1.807) is 23.1 Å². The Morgan fingerprint density at radius 3 is 2.54 bits per heavy atom. The molecule has 0 saturated carbocycles. The van der Waals surface area contributed by atoms with Crippen LogP contribution in [-0.4, -0.2) is 47.2 Å². The van der Waals surface area contributed by atoms with Crippen LogP contribution in [0.3, 0.4) is 0 Å². The normalized spacial score (nSPS) is 14.2. The first-order chi connectivity index (χ1) is 17.0. The fourth-order valence-electron chi connectivity index (χ4n) is 4.77. The number of rotatable bonds is 3.